The van der Waals surface area contributed by atoms with Crippen molar-refractivity contribution in [1.29, 1.82) is 10.5 Å². The van der Waals surface area contributed by atoms with Gasteiger partial charge in [0, 0.05) is 104 Å². The number of nitrogens with one attached hydrogen (secondary N) is 1. The van der Waals surface area contributed by atoms with E-state index in [2.05, 4.69) is 34.7 Å². The van der Waals surface area contributed by atoms with Gasteiger partial charge in [-0.25, -0.2) is 0 Å². The Morgan fingerprint density at radius 2 is 1.06 bits per heavy atom. The van der Waals surface area contributed by atoms with Crippen LogP contribution in [-0.4, -0.2) is 171 Å². The Morgan fingerprint density at radius 1 is 0.672 bits per heavy atom. The normalized spacial score (nSPS) is 12.7. The van der Waals surface area contributed by atoms with Gasteiger partial charge >= 0.3 is 17.9 Å². The topological polar surface area (TPSA) is 286 Å². The third-order valence-electron chi connectivity index (χ3n) is 7.04. The van der Waals surface area contributed by atoms with Crippen LogP contribution in [0.3, 0.4) is 0 Å². The number of nitrogens with two attached hydrogens (primary N) is 3. The minimum atomic E-state index is -0.778. The maximum absolute atomic E-state index is 11.3. The number of nitriles is 2. The first-order chi connectivity index (χ1) is 31.9. The van der Waals surface area contributed by atoms with Crippen molar-refractivity contribution >= 4 is 17.9 Å². The molecule has 0 aromatic carbocycles. The van der Waals surface area contributed by atoms with Crippen LogP contribution in [0.2, 0.25) is 0 Å². The van der Waals surface area contributed by atoms with Crippen LogP contribution in [0.1, 0.15) is 99.3 Å². The lowest BCUT2D eigenvalue weighted by Crippen LogP contribution is -2.36. The van der Waals surface area contributed by atoms with Crippen molar-refractivity contribution in [2.75, 3.05) is 132 Å². The van der Waals surface area contributed by atoms with Crippen LogP contribution in [-0.2, 0) is 52.3 Å². The van der Waals surface area contributed by atoms with E-state index in [1.54, 1.807) is 6.07 Å². The summed E-state index contributed by atoms with van der Waals surface area (Å²) in [5, 5.41) is 27.0. The molecule has 0 aliphatic carbocycles. The van der Waals surface area contributed by atoms with Gasteiger partial charge in [0.2, 0.25) is 0 Å². The van der Waals surface area contributed by atoms with E-state index >= 15 is 0 Å². The highest BCUT2D eigenvalue weighted by Crippen LogP contribution is 2.10. The van der Waals surface area contributed by atoms with Crippen molar-refractivity contribution in [2.45, 2.75) is 111 Å². The van der Waals surface area contributed by atoms with E-state index in [0.717, 1.165) is 59.2 Å². The van der Waals surface area contributed by atoms with Gasteiger partial charge in [-0.1, -0.05) is 6.58 Å². The highest BCUT2D eigenvalue weighted by Gasteiger charge is 2.16. The van der Waals surface area contributed by atoms with E-state index in [1.165, 1.54) is 6.08 Å². The summed E-state index contributed by atoms with van der Waals surface area (Å²) >= 11 is 0. The number of nitrogens with zero attached hydrogens (tertiary/aromatic N) is 3. The molecule has 2 rings (SSSR count). The Morgan fingerprint density at radius 3 is 1.37 bits per heavy atom. The van der Waals surface area contributed by atoms with Crippen molar-refractivity contribution in [3.63, 3.8) is 0 Å². The number of carboxylic acid groups (broad SMARTS) is 1. The summed E-state index contributed by atoms with van der Waals surface area (Å²) in [4.78, 5) is 34.4. The number of morpholine rings is 2. The summed E-state index contributed by atoms with van der Waals surface area (Å²) in [7, 11) is 0. The van der Waals surface area contributed by atoms with E-state index in [-0.39, 0.29) is 24.0 Å². The molecule has 19 heteroatoms. The first kappa shape index (κ1) is 71.8. The molecule has 2 heterocycles. The lowest BCUT2D eigenvalue weighted by molar-refractivity contribution is -0.156. The second kappa shape index (κ2) is 57.9. The van der Waals surface area contributed by atoms with Crippen molar-refractivity contribution < 1.29 is 57.4 Å². The summed E-state index contributed by atoms with van der Waals surface area (Å²) in [6, 6.07) is 3.83. The second-order valence-corrected chi connectivity index (χ2v) is 15.7. The van der Waals surface area contributed by atoms with Gasteiger partial charge in [-0.05, 0) is 60.8 Å². The third-order valence-corrected chi connectivity index (χ3v) is 7.04. The Labute approximate surface area is 404 Å². The molecular weight excluding hydrogens is 867 g/mol. The molecule has 2 aliphatic heterocycles. The Hall–Kier alpha value is -4.19. The number of aliphatic carboxylic acids is 1. The number of terminal acetylenes is 2. The van der Waals surface area contributed by atoms with Crippen LogP contribution in [0.25, 0.3) is 0 Å². The predicted octanol–water partition coefficient (Wildman–Crippen LogP) is 3.58. The molecule has 0 amide bonds. The fraction of sp³-hybridized carbons (Fsp3) is 0.771. The highest BCUT2D eigenvalue weighted by atomic mass is 16.6. The third kappa shape index (κ3) is 82.4. The number of ether oxygens (including phenoxy) is 8. The molecule has 0 radical (unpaired) electrons. The van der Waals surface area contributed by atoms with Gasteiger partial charge in [0.15, 0.2) is 0 Å². The minimum Gasteiger partial charge on any atom is -0.481 e. The number of carbonyl (C=O) groups is 3. The van der Waals surface area contributed by atoms with Crippen molar-refractivity contribution in [2.24, 2.45) is 17.2 Å². The van der Waals surface area contributed by atoms with E-state index in [0.29, 0.717) is 124 Å². The summed E-state index contributed by atoms with van der Waals surface area (Å²) in [6.07, 6.45) is 15.9. The molecule has 2 aliphatic rings. The monoisotopic (exact) mass is 956 g/mol. The van der Waals surface area contributed by atoms with Gasteiger partial charge in [-0.2, -0.15) is 10.5 Å². The summed E-state index contributed by atoms with van der Waals surface area (Å²) in [5.41, 5.74) is 14.8. The molecule has 67 heavy (non-hydrogen) atoms. The zero-order valence-electron chi connectivity index (χ0n) is 42.0. The molecule has 0 spiro atoms. The van der Waals surface area contributed by atoms with Crippen LogP contribution >= 0.6 is 0 Å². The van der Waals surface area contributed by atoms with Crippen LogP contribution < -0.4 is 22.5 Å². The predicted molar refractivity (Wildman–Crippen MR) is 261 cm³/mol. The minimum absolute atomic E-state index is 0.169. The highest BCUT2D eigenvalue weighted by molar-refractivity contribution is 5.70. The SMILES string of the molecule is C#CCCCC(=O)O.C#CCCCC(=O)OC(C)(C)C.C1COCCN1.C=CC#N.CC(C)(C)OC(=O)CCCOCCOCCN.N#CCCN1CCOCC1.NCCOCCOCCN. The molecule has 2 saturated heterocycles. The van der Waals surface area contributed by atoms with Crippen LogP contribution in [0, 0.1) is 47.3 Å². The Balaban J connectivity index is -0.000000231. The average Bonchev–Trinajstić information content (AvgIpc) is 3.29. The maximum Gasteiger partial charge on any atom is 0.306 e. The molecule has 0 saturated carbocycles. The molecule has 388 valence electrons. The van der Waals surface area contributed by atoms with Gasteiger partial charge in [0.05, 0.1) is 84.8 Å². The van der Waals surface area contributed by atoms with Crippen LogP contribution in [0.4, 0.5) is 0 Å². The summed E-state index contributed by atoms with van der Waals surface area (Å²) in [6.45, 7) is 28.9. The fourth-order valence-corrected chi connectivity index (χ4v) is 4.22. The smallest absolute Gasteiger partial charge is 0.306 e. The molecule has 0 aromatic rings. The number of unbranched alkanes of at least 4 members (excludes halogenated alkanes) is 2. The van der Waals surface area contributed by atoms with E-state index in [9.17, 15) is 14.4 Å². The molecule has 0 unspecified atom stereocenters. The number of allylic oxidation sites excluding steroid dienone is 1. The van der Waals surface area contributed by atoms with Gasteiger partial charge in [0.1, 0.15) is 11.2 Å². The first-order valence-corrected chi connectivity index (χ1v) is 22.8. The number of hydrogen-bond acceptors (Lipinski definition) is 18. The van der Waals surface area contributed by atoms with Gasteiger partial charge in [-0.15, -0.1) is 24.7 Å². The number of carboxylic acids is 1. The van der Waals surface area contributed by atoms with Gasteiger partial charge < -0.3 is 65.5 Å². The Bertz CT molecular complexity index is 1270. The molecule has 19 nitrogen and oxygen atoms in total. The van der Waals surface area contributed by atoms with Crippen molar-refractivity contribution in [3.05, 3.63) is 12.7 Å². The molecular formula is C48H89N7O12. The second-order valence-electron chi connectivity index (χ2n) is 15.7. The quantitative estimate of drug-likeness (QED) is 0.0400. The van der Waals surface area contributed by atoms with E-state index < -0.39 is 11.6 Å². The molecule has 0 atom stereocenters. The first-order valence-electron chi connectivity index (χ1n) is 22.8. The lowest BCUT2D eigenvalue weighted by Gasteiger charge is -2.25. The van der Waals surface area contributed by atoms with Gasteiger partial charge in [-0.3, -0.25) is 19.3 Å². The van der Waals surface area contributed by atoms with E-state index in [4.69, 9.17) is 83.6 Å². The number of esters is 2. The lowest BCUT2D eigenvalue weighted by atomic mass is 10.2. The summed E-state index contributed by atoms with van der Waals surface area (Å²) < 4.78 is 40.9. The maximum atomic E-state index is 11.3. The van der Waals surface area contributed by atoms with Crippen molar-refractivity contribution in [3.8, 4) is 36.8 Å². The largest absolute Gasteiger partial charge is 0.481 e. The van der Waals surface area contributed by atoms with Crippen LogP contribution in [0.15, 0.2) is 12.7 Å². The van der Waals surface area contributed by atoms with Crippen molar-refractivity contribution in [1.82, 2.24) is 10.2 Å². The summed E-state index contributed by atoms with van der Waals surface area (Å²) in [5.74, 6) is 3.71. The molecule has 2 fully saturated rings. The Kier molecular flexibility index (Phi) is 62.1. The van der Waals surface area contributed by atoms with E-state index in [1.807, 2.05) is 41.5 Å². The molecule has 0 bridgehead atoms. The number of rotatable bonds is 24. The zero-order chi connectivity index (χ0) is 51.7. The average molecular weight is 956 g/mol. The van der Waals surface area contributed by atoms with Gasteiger partial charge in [0.25, 0.3) is 0 Å². The number of carbonyl (C=O) groups excluding carboxylic acids is 2. The molecule has 8 N–H and O–H groups in total. The fourth-order valence-electron chi connectivity index (χ4n) is 4.22. The van der Waals surface area contributed by atoms with Crippen LogP contribution in [0.5, 0.6) is 0 Å². The molecule has 0 aromatic heterocycles. The standard InChI is InChI=1S/C12H25NO4.C10H16O2.C7H12N2O.C6H16N2O2.C6H8O2.C4H9NO.C3H3N/c1-12(2,3)17-11(14)5-4-7-15-9-10-16-8-6-13;1-5-6-7-8-9(11)12-10(2,3)4;8-2-1-3-9-4-6-10-7-5-9;7-1-3-9-5-6-10-4-2-8;1-2-3-4-5-6(7)8;1-3-6-4-2-5-1;1-2-3-4/h4-10,13H2,1-3H3;1H,6-8H2,2-4H3;1,3-7H2;1-8H2;1H,3-5H2,(H,7,8);5H,1-4H2;2H,1H2. The zero-order valence-corrected chi connectivity index (χ0v) is 42.0. The number of hydrogen-bond donors (Lipinski definition) is 5.